The number of aryl methyl sites for hydroxylation is 1. The molecule has 0 bridgehead atoms. The van der Waals surface area contributed by atoms with Crippen LogP contribution in [-0.4, -0.2) is 41.3 Å². The SMILES string of the molecule is Cc1nc(-c2ccc(CCNC(=O)C3CCCN(C(=O)c4ccco4)C3)cc2)cs1. The number of hydrogen-bond acceptors (Lipinski definition) is 5. The summed E-state index contributed by atoms with van der Waals surface area (Å²) in [6, 6.07) is 11.7. The van der Waals surface area contributed by atoms with Gasteiger partial charge < -0.3 is 14.6 Å². The Morgan fingerprint density at radius 2 is 2.10 bits per heavy atom. The van der Waals surface area contributed by atoms with E-state index in [0.29, 0.717) is 25.4 Å². The summed E-state index contributed by atoms with van der Waals surface area (Å²) in [5.74, 6) is 0.0228. The molecule has 2 amide bonds. The molecule has 0 spiro atoms. The molecular formula is C23H25N3O3S. The van der Waals surface area contributed by atoms with Crippen LogP contribution in [0.3, 0.4) is 0 Å². The van der Waals surface area contributed by atoms with Gasteiger partial charge in [0.25, 0.3) is 5.91 Å². The zero-order valence-electron chi connectivity index (χ0n) is 17.0. The fourth-order valence-corrected chi connectivity index (χ4v) is 4.37. The van der Waals surface area contributed by atoms with Crippen molar-refractivity contribution in [1.29, 1.82) is 0 Å². The lowest BCUT2D eigenvalue weighted by Crippen LogP contribution is -2.45. The molecule has 1 fully saturated rings. The first kappa shape index (κ1) is 20.3. The van der Waals surface area contributed by atoms with Gasteiger partial charge in [-0.05, 0) is 43.9 Å². The smallest absolute Gasteiger partial charge is 0.289 e. The maximum Gasteiger partial charge on any atom is 0.289 e. The van der Waals surface area contributed by atoms with Gasteiger partial charge in [-0.1, -0.05) is 24.3 Å². The number of thiazole rings is 1. The van der Waals surface area contributed by atoms with Crippen molar-refractivity contribution in [2.45, 2.75) is 26.2 Å². The number of piperidine rings is 1. The first-order chi connectivity index (χ1) is 14.6. The topological polar surface area (TPSA) is 75.4 Å². The molecule has 3 heterocycles. The Morgan fingerprint density at radius 3 is 2.80 bits per heavy atom. The van der Waals surface area contributed by atoms with Crippen molar-refractivity contribution >= 4 is 23.2 Å². The number of furan rings is 1. The van der Waals surface area contributed by atoms with Crippen LogP contribution < -0.4 is 5.32 Å². The number of hydrogen-bond donors (Lipinski definition) is 1. The van der Waals surface area contributed by atoms with Crippen molar-refractivity contribution < 1.29 is 14.0 Å². The number of nitrogens with zero attached hydrogens (tertiary/aromatic N) is 2. The second kappa shape index (κ2) is 9.26. The number of likely N-dealkylation sites (tertiary alicyclic amines) is 1. The van der Waals surface area contributed by atoms with Gasteiger partial charge in [0.15, 0.2) is 5.76 Å². The minimum absolute atomic E-state index is 0.0153. The van der Waals surface area contributed by atoms with E-state index in [4.69, 9.17) is 4.42 Å². The van der Waals surface area contributed by atoms with Crippen LogP contribution in [0.1, 0.15) is 34.0 Å². The van der Waals surface area contributed by atoms with Crippen LogP contribution >= 0.6 is 11.3 Å². The van der Waals surface area contributed by atoms with Crippen LogP contribution in [0.5, 0.6) is 0 Å². The molecule has 1 unspecified atom stereocenters. The van der Waals surface area contributed by atoms with Gasteiger partial charge in [-0.3, -0.25) is 9.59 Å². The molecule has 1 saturated heterocycles. The number of carbonyl (C=O) groups excluding carboxylic acids is 2. The summed E-state index contributed by atoms with van der Waals surface area (Å²) in [5.41, 5.74) is 3.28. The van der Waals surface area contributed by atoms with Crippen LogP contribution in [0.15, 0.2) is 52.5 Å². The average Bonchev–Trinajstić information content (AvgIpc) is 3.46. The number of nitrogens with one attached hydrogen (secondary N) is 1. The second-order valence-electron chi connectivity index (χ2n) is 7.56. The Balaban J connectivity index is 1.25. The molecule has 2 aromatic heterocycles. The van der Waals surface area contributed by atoms with Gasteiger partial charge >= 0.3 is 0 Å². The highest BCUT2D eigenvalue weighted by Gasteiger charge is 2.29. The van der Waals surface area contributed by atoms with Gasteiger partial charge in [-0.25, -0.2) is 4.98 Å². The fraction of sp³-hybridized carbons (Fsp3) is 0.348. The molecule has 6 nitrogen and oxygen atoms in total. The molecule has 1 aliphatic heterocycles. The lowest BCUT2D eigenvalue weighted by Gasteiger charge is -2.31. The van der Waals surface area contributed by atoms with Crippen molar-refractivity contribution in [2.24, 2.45) is 5.92 Å². The summed E-state index contributed by atoms with van der Waals surface area (Å²) in [6.45, 7) is 3.68. The molecule has 1 atom stereocenters. The highest BCUT2D eigenvalue weighted by atomic mass is 32.1. The predicted octanol–water partition coefficient (Wildman–Crippen LogP) is 3.92. The van der Waals surface area contributed by atoms with Gasteiger partial charge in [0.05, 0.1) is 22.9 Å². The zero-order valence-corrected chi connectivity index (χ0v) is 17.8. The molecule has 1 aliphatic rings. The summed E-state index contributed by atoms with van der Waals surface area (Å²) < 4.78 is 5.20. The number of rotatable bonds is 6. The Morgan fingerprint density at radius 1 is 1.27 bits per heavy atom. The van der Waals surface area contributed by atoms with Crippen LogP contribution in [0.2, 0.25) is 0 Å². The highest BCUT2D eigenvalue weighted by Crippen LogP contribution is 2.22. The summed E-state index contributed by atoms with van der Waals surface area (Å²) in [5, 5.41) is 6.16. The van der Waals surface area contributed by atoms with E-state index in [1.54, 1.807) is 28.4 Å². The first-order valence-corrected chi connectivity index (χ1v) is 11.1. The lowest BCUT2D eigenvalue weighted by molar-refractivity contribution is -0.126. The van der Waals surface area contributed by atoms with Crippen LogP contribution in [0.25, 0.3) is 11.3 Å². The Hall–Kier alpha value is -2.93. The largest absolute Gasteiger partial charge is 0.459 e. The molecular weight excluding hydrogens is 398 g/mol. The van der Waals surface area contributed by atoms with Crippen molar-refractivity contribution in [2.75, 3.05) is 19.6 Å². The summed E-state index contributed by atoms with van der Waals surface area (Å²) in [4.78, 5) is 31.3. The molecule has 1 N–H and O–H groups in total. The molecule has 3 aromatic rings. The van der Waals surface area contributed by atoms with Crippen molar-refractivity contribution in [3.63, 3.8) is 0 Å². The van der Waals surface area contributed by atoms with Crippen molar-refractivity contribution in [3.8, 4) is 11.3 Å². The number of carbonyl (C=O) groups is 2. The Labute approximate surface area is 179 Å². The van der Waals surface area contributed by atoms with E-state index in [0.717, 1.165) is 35.5 Å². The van der Waals surface area contributed by atoms with Crippen molar-refractivity contribution in [1.82, 2.24) is 15.2 Å². The first-order valence-electron chi connectivity index (χ1n) is 10.2. The second-order valence-corrected chi connectivity index (χ2v) is 8.62. The van der Waals surface area contributed by atoms with Gasteiger partial charge in [0.1, 0.15) is 0 Å². The van der Waals surface area contributed by atoms with Crippen LogP contribution in [0.4, 0.5) is 0 Å². The Kier molecular flexibility index (Phi) is 6.28. The number of benzene rings is 1. The highest BCUT2D eigenvalue weighted by molar-refractivity contribution is 7.09. The molecule has 0 aliphatic carbocycles. The van der Waals surface area contributed by atoms with E-state index < -0.39 is 0 Å². The summed E-state index contributed by atoms with van der Waals surface area (Å²) in [7, 11) is 0. The normalized spacial score (nSPS) is 16.4. The molecule has 7 heteroatoms. The molecule has 30 heavy (non-hydrogen) atoms. The standard InChI is InChI=1S/C23H25N3O3S/c1-16-25-20(15-30-16)18-8-6-17(7-9-18)10-11-24-22(27)19-4-2-12-26(14-19)23(28)21-5-3-13-29-21/h3,5-9,13,15,19H,2,4,10-12,14H2,1H3,(H,24,27). The summed E-state index contributed by atoms with van der Waals surface area (Å²) >= 11 is 1.65. The minimum Gasteiger partial charge on any atom is -0.459 e. The fourth-order valence-electron chi connectivity index (χ4n) is 3.74. The quantitative estimate of drug-likeness (QED) is 0.652. The molecule has 4 rings (SSSR count). The van der Waals surface area contributed by atoms with Gasteiger partial charge in [0.2, 0.25) is 5.91 Å². The minimum atomic E-state index is -0.173. The van der Waals surface area contributed by atoms with Gasteiger partial charge in [-0.15, -0.1) is 11.3 Å². The molecule has 0 saturated carbocycles. The number of amides is 2. The third kappa shape index (κ3) is 4.79. The predicted molar refractivity (Wildman–Crippen MR) is 116 cm³/mol. The Bertz CT molecular complexity index is 995. The van der Waals surface area contributed by atoms with Crippen molar-refractivity contribution in [3.05, 3.63) is 64.4 Å². The molecule has 1 aromatic carbocycles. The molecule has 156 valence electrons. The van der Waals surface area contributed by atoms with E-state index >= 15 is 0 Å². The third-order valence-electron chi connectivity index (χ3n) is 5.39. The van der Waals surface area contributed by atoms with E-state index in [9.17, 15) is 9.59 Å². The van der Waals surface area contributed by atoms with E-state index in [-0.39, 0.29) is 17.7 Å². The van der Waals surface area contributed by atoms with Gasteiger partial charge in [0, 0.05) is 30.6 Å². The maximum atomic E-state index is 12.6. The maximum absolute atomic E-state index is 12.6. The lowest BCUT2D eigenvalue weighted by atomic mass is 9.96. The number of aromatic nitrogens is 1. The third-order valence-corrected chi connectivity index (χ3v) is 6.17. The molecule has 0 radical (unpaired) electrons. The van der Waals surface area contributed by atoms with E-state index in [1.165, 1.54) is 11.8 Å². The van der Waals surface area contributed by atoms with E-state index in [2.05, 4.69) is 39.9 Å². The average molecular weight is 424 g/mol. The van der Waals surface area contributed by atoms with E-state index in [1.807, 2.05) is 6.92 Å². The van der Waals surface area contributed by atoms with Gasteiger partial charge in [-0.2, -0.15) is 0 Å². The van der Waals surface area contributed by atoms with Crippen LogP contribution in [-0.2, 0) is 11.2 Å². The zero-order chi connectivity index (χ0) is 20.9. The summed E-state index contributed by atoms with van der Waals surface area (Å²) in [6.07, 6.45) is 3.88. The monoisotopic (exact) mass is 423 g/mol. The van der Waals surface area contributed by atoms with Crippen LogP contribution in [0, 0.1) is 12.8 Å².